The number of piperazine rings is 1. The smallest absolute Gasteiger partial charge is 0.250 e. The van der Waals surface area contributed by atoms with E-state index in [1.807, 2.05) is 30.3 Å². The maximum Gasteiger partial charge on any atom is 0.250 e. The second-order valence-corrected chi connectivity index (χ2v) is 8.91. The fraction of sp³-hybridized carbons (Fsp3) is 0.440. The van der Waals surface area contributed by atoms with Crippen LogP contribution in [0.1, 0.15) is 55.7 Å². The Bertz CT molecular complexity index is 928. The minimum absolute atomic E-state index is 0.0785. The Morgan fingerprint density at radius 3 is 2.35 bits per heavy atom. The van der Waals surface area contributed by atoms with Gasteiger partial charge in [0.25, 0.3) is 5.91 Å². The second-order valence-electron chi connectivity index (χ2n) is 8.50. The largest absolute Gasteiger partial charge is 0.328 e. The quantitative estimate of drug-likeness (QED) is 0.600. The molecule has 31 heavy (non-hydrogen) atoms. The van der Waals surface area contributed by atoms with E-state index in [-0.39, 0.29) is 29.4 Å². The molecule has 164 valence electrons. The molecule has 0 bridgehead atoms. The molecule has 0 spiro atoms. The molecule has 4 nitrogen and oxygen atoms in total. The molecule has 1 heterocycles. The van der Waals surface area contributed by atoms with Crippen LogP contribution in [-0.4, -0.2) is 40.7 Å². The van der Waals surface area contributed by atoms with Crippen molar-refractivity contribution in [2.45, 2.75) is 57.0 Å². The van der Waals surface area contributed by atoms with Gasteiger partial charge in [-0.1, -0.05) is 73.7 Å². The molecule has 2 fully saturated rings. The van der Waals surface area contributed by atoms with Crippen molar-refractivity contribution in [1.29, 1.82) is 0 Å². The van der Waals surface area contributed by atoms with Gasteiger partial charge in [-0.05, 0) is 37.0 Å². The van der Waals surface area contributed by atoms with E-state index < -0.39 is 11.9 Å². The fourth-order valence-electron chi connectivity index (χ4n) is 4.80. The molecule has 0 aromatic heterocycles. The van der Waals surface area contributed by atoms with Crippen LogP contribution in [0, 0.1) is 5.82 Å². The van der Waals surface area contributed by atoms with Crippen molar-refractivity contribution in [1.82, 2.24) is 9.80 Å². The topological polar surface area (TPSA) is 40.6 Å². The SMILES string of the molecule is O=C1[C@H](c2ccc(F)cc2Cl)N(CCc2ccccc2)C(=O)CN1C1CCCCCC1. The lowest BCUT2D eigenvalue weighted by Gasteiger charge is -2.43. The Labute approximate surface area is 188 Å². The minimum Gasteiger partial charge on any atom is -0.328 e. The van der Waals surface area contributed by atoms with E-state index in [0.717, 1.165) is 31.2 Å². The lowest BCUT2D eigenvalue weighted by atomic mass is 9.97. The Morgan fingerprint density at radius 2 is 1.68 bits per heavy atom. The summed E-state index contributed by atoms with van der Waals surface area (Å²) in [6.45, 7) is 0.513. The summed E-state index contributed by atoms with van der Waals surface area (Å²) >= 11 is 6.37. The number of hydrogen-bond acceptors (Lipinski definition) is 2. The number of benzene rings is 2. The Hall–Kier alpha value is -2.40. The number of rotatable bonds is 5. The lowest BCUT2D eigenvalue weighted by molar-refractivity contribution is -0.158. The van der Waals surface area contributed by atoms with E-state index in [2.05, 4.69) is 0 Å². The first-order chi connectivity index (χ1) is 15.0. The number of carbonyl (C=O) groups is 2. The normalized spacial score (nSPS) is 20.8. The monoisotopic (exact) mass is 442 g/mol. The zero-order valence-electron chi connectivity index (χ0n) is 17.6. The van der Waals surface area contributed by atoms with Crippen molar-refractivity contribution in [2.24, 2.45) is 0 Å². The molecule has 2 aromatic rings. The fourth-order valence-corrected chi connectivity index (χ4v) is 5.07. The van der Waals surface area contributed by atoms with Crippen molar-refractivity contribution in [3.05, 3.63) is 70.5 Å². The summed E-state index contributed by atoms with van der Waals surface area (Å²) in [4.78, 5) is 30.4. The molecule has 1 aliphatic heterocycles. The zero-order valence-corrected chi connectivity index (χ0v) is 18.4. The number of carbonyl (C=O) groups excluding carboxylic acids is 2. The molecule has 2 aliphatic rings. The third kappa shape index (κ3) is 4.93. The van der Waals surface area contributed by atoms with Gasteiger partial charge < -0.3 is 9.80 Å². The second kappa shape index (κ2) is 9.82. The highest BCUT2D eigenvalue weighted by molar-refractivity contribution is 6.31. The van der Waals surface area contributed by atoms with Gasteiger partial charge in [0, 0.05) is 23.2 Å². The van der Waals surface area contributed by atoms with E-state index in [4.69, 9.17) is 11.6 Å². The average Bonchev–Trinajstić information content (AvgIpc) is 3.05. The molecule has 1 saturated carbocycles. The standard InChI is InChI=1S/C25H28ClFN2O2/c26-22-16-19(27)12-13-21(22)24-25(31)29(20-10-6-1-2-7-11-20)17-23(30)28(24)15-14-18-8-4-3-5-9-18/h3-5,8-9,12-13,16,20,24H,1-2,6-7,10-11,14-15,17H2/t24-/m0/s1. The summed E-state index contributed by atoms with van der Waals surface area (Å²) in [5, 5.41) is 0.179. The maximum atomic E-state index is 13.7. The zero-order chi connectivity index (χ0) is 21.8. The molecule has 0 radical (unpaired) electrons. The molecule has 4 rings (SSSR count). The van der Waals surface area contributed by atoms with Gasteiger partial charge in [0.1, 0.15) is 18.4 Å². The highest BCUT2D eigenvalue weighted by Crippen LogP contribution is 2.35. The Morgan fingerprint density at radius 1 is 0.968 bits per heavy atom. The van der Waals surface area contributed by atoms with Crippen molar-refractivity contribution in [3.63, 3.8) is 0 Å². The van der Waals surface area contributed by atoms with Crippen molar-refractivity contribution < 1.29 is 14.0 Å². The number of amides is 2. The van der Waals surface area contributed by atoms with Crippen LogP contribution in [0.25, 0.3) is 0 Å². The Kier molecular flexibility index (Phi) is 6.91. The summed E-state index contributed by atoms with van der Waals surface area (Å²) in [6.07, 6.45) is 6.97. The van der Waals surface area contributed by atoms with Crippen LogP contribution in [0.2, 0.25) is 5.02 Å². The van der Waals surface area contributed by atoms with Crippen LogP contribution < -0.4 is 0 Å². The molecule has 1 aliphatic carbocycles. The van der Waals surface area contributed by atoms with Gasteiger partial charge in [-0.2, -0.15) is 0 Å². The van der Waals surface area contributed by atoms with Gasteiger partial charge in [-0.3, -0.25) is 9.59 Å². The van der Waals surface area contributed by atoms with Crippen molar-refractivity contribution in [3.8, 4) is 0 Å². The van der Waals surface area contributed by atoms with Gasteiger partial charge in [-0.15, -0.1) is 0 Å². The molecule has 0 unspecified atom stereocenters. The molecule has 2 amide bonds. The van der Waals surface area contributed by atoms with Crippen LogP contribution in [0.3, 0.4) is 0 Å². The van der Waals surface area contributed by atoms with Crippen molar-refractivity contribution >= 4 is 23.4 Å². The summed E-state index contributed by atoms with van der Waals surface area (Å²) in [5.41, 5.74) is 1.59. The summed E-state index contributed by atoms with van der Waals surface area (Å²) in [6, 6.07) is 13.2. The Balaban J connectivity index is 1.64. The molecule has 0 N–H and O–H groups in total. The van der Waals surface area contributed by atoms with Crippen LogP contribution in [0.15, 0.2) is 48.5 Å². The molecule has 1 atom stereocenters. The number of halogens is 2. The maximum absolute atomic E-state index is 13.7. The van der Waals surface area contributed by atoms with E-state index in [9.17, 15) is 14.0 Å². The summed E-state index contributed by atoms with van der Waals surface area (Å²) < 4.78 is 13.7. The average molecular weight is 443 g/mol. The van der Waals surface area contributed by atoms with Gasteiger partial charge in [0.2, 0.25) is 5.91 Å². The van der Waals surface area contributed by atoms with Crippen LogP contribution in [-0.2, 0) is 16.0 Å². The van der Waals surface area contributed by atoms with Gasteiger partial charge >= 0.3 is 0 Å². The van der Waals surface area contributed by atoms with Crippen molar-refractivity contribution in [2.75, 3.05) is 13.1 Å². The number of hydrogen-bond donors (Lipinski definition) is 0. The van der Waals surface area contributed by atoms with Gasteiger partial charge in [-0.25, -0.2) is 4.39 Å². The highest BCUT2D eigenvalue weighted by atomic mass is 35.5. The molecular formula is C25H28ClFN2O2. The van der Waals surface area contributed by atoms with Gasteiger partial charge in [0.15, 0.2) is 0 Å². The molecule has 6 heteroatoms. The molecular weight excluding hydrogens is 415 g/mol. The first-order valence-electron chi connectivity index (χ1n) is 11.1. The first kappa shape index (κ1) is 21.8. The predicted molar refractivity (Wildman–Crippen MR) is 119 cm³/mol. The van der Waals surface area contributed by atoms with Crippen LogP contribution >= 0.6 is 11.6 Å². The minimum atomic E-state index is -0.818. The van der Waals surface area contributed by atoms with E-state index in [1.165, 1.54) is 25.0 Å². The summed E-state index contributed by atoms with van der Waals surface area (Å²) in [7, 11) is 0. The van der Waals surface area contributed by atoms with Crippen LogP contribution in [0.5, 0.6) is 0 Å². The van der Waals surface area contributed by atoms with E-state index in [0.29, 0.717) is 18.5 Å². The third-order valence-electron chi connectivity index (χ3n) is 6.46. The van der Waals surface area contributed by atoms with E-state index >= 15 is 0 Å². The van der Waals surface area contributed by atoms with Gasteiger partial charge in [0.05, 0.1) is 0 Å². The lowest BCUT2D eigenvalue weighted by Crippen LogP contribution is -2.58. The predicted octanol–water partition coefficient (Wildman–Crippen LogP) is 5.16. The number of nitrogens with zero attached hydrogens (tertiary/aromatic N) is 2. The van der Waals surface area contributed by atoms with Crippen LogP contribution in [0.4, 0.5) is 4.39 Å². The molecule has 1 saturated heterocycles. The third-order valence-corrected chi connectivity index (χ3v) is 6.79. The first-order valence-corrected chi connectivity index (χ1v) is 11.5. The van der Waals surface area contributed by atoms with E-state index in [1.54, 1.807) is 15.9 Å². The molecule has 2 aromatic carbocycles. The highest BCUT2D eigenvalue weighted by Gasteiger charge is 2.43. The summed E-state index contributed by atoms with van der Waals surface area (Å²) in [5.74, 6) is -0.641.